The highest BCUT2D eigenvalue weighted by molar-refractivity contribution is 5.51. The first-order valence-electron chi connectivity index (χ1n) is 5.49. The molecule has 0 unspecified atom stereocenters. The minimum Gasteiger partial charge on any atom is -0.381 e. The van der Waals surface area contributed by atoms with Crippen LogP contribution >= 0.6 is 0 Å². The normalized spacial score (nSPS) is 10.2. The molecule has 0 bridgehead atoms. The topological polar surface area (TPSA) is 55.2 Å². The van der Waals surface area contributed by atoms with Gasteiger partial charge < -0.3 is 5.32 Å². The van der Waals surface area contributed by atoms with Crippen LogP contribution in [0.25, 0.3) is 0 Å². The van der Waals surface area contributed by atoms with Crippen molar-refractivity contribution >= 4 is 11.4 Å². The highest BCUT2D eigenvalue weighted by Crippen LogP contribution is 2.19. The van der Waals surface area contributed by atoms with Crippen LogP contribution in [-0.4, -0.2) is 4.92 Å². The van der Waals surface area contributed by atoms with Crippen LogP contribution in [0.15, 0.2) is 42.5 Å². The van der Waals surface area contributed by atoms with E-state index in [1.165, 1.54) is 24.3 Å². The van der Waals surface area contributed by atoms with E-state index in [0.717, 1.165) is 12.1 Å². The molecular weight excluding hydrogens is 254 g/mol. The van der Waals surface area contributed by atoms with Crippen LogP contribution in [-0.2, 0) is 6.54 Å². The number of nitrogens with one attached hydrogen (secondary N) is 1. The maximum atomic E-state index is 13.4. The quantitative estimate of drug-likeness (QED) is 0.679. The zero-order valence-corrected chi connectivity index (χ0v) is 9.77. The van der Waals surface area contributed by atoms with Crippen molar-refractivity contribution in [3.8, 4) is 0 Å². The van der Waals surface area contributed by atoms with Crippen molar-refractivity contribution in [1.82, 2.24) is 0 Å². The molecule has 0 saturated carbocycles. The third-order valence-corrected chi connectivity index (χ3v) is 2.59. The van der Waals surface area contributed by atoms with E-state index in [1.54, 1.807) is 6.07 Å². The number of non-ortho nitro benzene ring substituents is 1. The Kier molecular flexibility index (Phi) is 3.70. The van der Waals surface area contributed by atoms with Crippen LogP contribution in [0.1, 0.15) is 5.56 Å². The fraction of sp³-hybridized carbons (Fsp3) is 0.0769. The standard InChI is InChI=1S/C13H10F2N2O2/c14-12-5-2-6-13(15)11(12)8-16-9-3-1-4-10(7-9)17(18)19/h1-7,16H,8H2. The molecule has 0 fully saturated rings. The van der Waals surface area contributed by atoms with Gasteiger partial charge in [-0.2, -0.15) is 0 Å². The van der Waals surface area contributed by atoms with Crippen LogP contribution in [0.3, 0.4) is 0 Å². The molecule has 0 heterocycles. The Morgan fingerprint density at radius 2 is 1.74 bits per heavy atom. The number of nitrogens with zero attached hydrogens (tertiary/aromatic N) is 1. The van der Waals surface area contributed by atoms with E-state index < -0.39 is 16.6 Å². The summed E-state index contributed by atoms with van der Waals surface area (Å²) in [4.78, 5) is 10.1. The summed E-state index contributed by atoms with van der Waals surface area (Å²) in [6.07, 6.45) is 0. The summed E-state index contributed by atoms with van der Waals surface area (Å²) in [5.41, 5.74) is 0.241. The van der Waals surface area contributed by atoms with Gasteiger partial charge >= 0.3 is 0 Å². The van der Waals surface area contributed by atoms with Gasteiger partial charge in [-0.3, -0.25) is 10.1 Å². The summed E-state index contributed by atoms with van der Waals surface area (Å²) in [6, 6.07) is 9.33. The zero-order chi connectivity index (χ0) is 13.8. The van der Waals surface area contributed by atoms with E-state index in [0.29, 0.717) is 5.69 Å². The molecule has 2 aromatic rings. The smallest absolute Gasteiger partial charge is 0.271 e. The Balaban J connectivity index is 2.15. The monoisotopic (exact) mass is 264 g/mol. The van der Waals surface area contributed by atoms with Gasteiger partial charge in [-0.25, -0.2) is 8.78 Å². The third-order valence-electron chi connectivity index (χ3n) is 2.59. The molecule has 1 N–H and O–H groups in total. The molecule has 0 amide bonds. The lowest BCUT2D eigenvalue weighted by molar-refractivity contribution is -0.384. The maximum absolute atomic E-state index is 13.4. The van der Waals surface area contributed by atoms with E-state index in [4.69, 9.17) is 0 Å². The zero-order valence-electron chi connectivity index (χ0n) is 9.77. The molecular formula is C13H10F2N2O2. The van der Waals surface area contributed by atoms with Gasteiger partial charge in [0.05, 0.1) is 4.92 Å². The van der Waals surface area contributed by atoms with Gasteiger partial charge in [0, 0.05) is 29.9 Å². The summed E-state index contributed by atoms with van der Waals surface area (Å²) in [7, 11) is 0. The summed E-state index contributed by atoms with van der Waals surface area (Å²) < 4.78 is 26.7. The first-order chi connectivity index (χ1) is 9.08. The average molecular weight is 264 g/mol. The molecule has 0 radical (unpaired) electrons. The van der Waals surface area contributed by atoms with Gasteiger partial charge in [-0.05, 0) is 18.2 Å². The fourth-order valence-electron chi connectivity index (χ4n) is 1.62. The van der Waals surface area contributed by atoms with Crippen molar-refractivity contribution in [3.63, 3.8) is 0 Å². The molecule has 2 aromatic carbocycles. The summed E-state index contributed by atoms with van der Waals surface area (Å²) >= 11 is 0. The molecule has 0 aliphatic carbocycles. The maximum Gasteiger partial charge on any atom is 0.271 e. The molecule has 0 aliphatic heterocycles. The van der Waals surface area contributed by atoms with Gasteiger partial charge in [-0.15, -0.1) is 0 Å². The van der Waals surface area contributed by atoms with Crippen LogP contribution in [0.2, 0.25) is 0 Å². The molecule has 6 heteroatoms. The van der Waals surface area contributed by atoms with Gasteiger partial charge in [0.1, 0.15) is 11.6 Å². The molecule has 98 valence electrons. The second-order valence-corrected chi connectivity index (χ2v) is 3.86. The number of nitro benzene ring substituents is 1. The lowest BCUT2D eigenvalue weighted by atomic mass is 10.2. The minimum absolute atomic E-state index is 0.0837. The highest BCUT2D eigenvalue weighted by Gasteiger charge is 2.09. The van der Waals surface area contributed by atoms with Crippen molar-refractivity contribution in [1.29, 1.82) is 0 Å². The average Bonchev–Trinajstić information content (AvgIpc) is 2.38. The lowest BCUT2D eigenvalue weighted by Gasteiger charge is -2.08. The Morgan fingerprint density at radius 1 is 1.11 bits per heavy atom. The van der Waals surface area contributed by atoms with E-state index in [-0.39, 0.29) is 17.8 Å². The number of benzene rings is 2. The molecule has 0 saturated heterocycles. The number of nitro groups is 1. The first kappa shape index (κ1) is 12.9. The van der Waals surface area contributed by atoms with Gasteiger partial charge in [0.15, 0.2) is 0 Å². The fourth-order valence-corrected chi connectivity index (χ4v) is 1.62. The van der Waals surface area contributed by atoms with Crippen molar-refractivity contribution in [2.45, 2.75) is 6.54 Å². The van der Waals surface area contributed by atoms with E-state index in [9.17, 15) is 18.9 Å². The number of anilines is 1. The van der Waals surface area contributed by atoms with E-state index in [2.05, 4.69) is 5.32 Å². The Hall–Kier alpha value is -2.50. The lowest BCUT2D eigenvalue weighted by Crippen LogP contribution is -2.04. The first-order valence-corrected chi connectivity index (χ1v) is 5.49. The third kappa shape index (κ3) is 3.04. The molecule has 2 rings (SSSR count). The highest BCUT2D eigenvalue weighted by atomic mass is 19.1. The summed E-state index contributed by atoms with van der Waals surface area (Å²) in [5, 5.41) is 13.3. The van der Waals surface area contributed by atoms with Crippen LogP contribution in [0.4, 0.5) is 20.2 Å². The van der Waals surface area contributed by atoms with Gasteiger partial charge in [0.2, 0.25) is 0 Å². The predicted molar refractivity (Wildman–Crippen MR) is 66.8 cm³/mol. The van der Waals surface area contributed by atoms with Crippen LogP contribution < -0.4 is 5.32 Å². The molecule has 0 aliphatic rings. The molecule has 0 spiro atoms. The summed E-state index contributed by atoms with van der Waals surface area (Å²) in [5.74, 6) is -1.31. The molecule has 0 aromatic heterocycles. The molecule has 0 atom stereocenters. The second kappa shape index (κ2) is 5.43. The van der Waals surface area contributed by atoms with E-state index >= 15 is 0 Å². The largest absolute Gasteiger partial charge is 0.381 e. The number of hydrogen-bond donors (Lipinski definition) is 1. The number of halogens is 2. The Labute approximate surface area is 107 Å². The van der Waals surface area contributed by atoms with Crippen molar-refractivity contribution in [2.75, 3.05) is 5.32 Å². The van der Waals surface area contributed by atoms with Crippen LogP contribution in [0.5, 0.6) is 0 Å². The second-order valence-electron chi connectivity index (χ2n) is 3.86. The van der Waals surface area contributed by atoms with Crippen molar-refractivity contribution in [3.05, 3.63) is 69.8 Å². The number of rotatable bonds is 4. The SMILES string of the molecule is O=[N+]([O-])c1cccc(NCc2c(F)cccc2F)c1. The molecule has 19 heavy (non-hydrogen) atoms. The Bertz CT molecular complexity index is 597. The predicted octanol–water partition coefficient (Wildman–Crippen LogP) is 3.49. The van der Waals surface area contributed by atoms with Crippen molar-refractivity contribution in [2.24, 2.45) is 0 Å². The van der Waals surface area contributed by atoms with Gasteiger partial charge in [0.25, 0.3) is 5.69 Å². The van der Waals surface area contributed by atoms with Crippen LogP contribution in [0, 0.1) is 21.7 Å². The van der Waals surface area contributed by atoms with E-state index in [1.807, 2.05) is 0 Å². The Morgan fingerprint density at radius 3 is 2.37 bits per heavy atom. The van der Waals surface area contributed by atoms with Crippen molar-refractivity contribution < 1.29 is 13.7 Å². The number of hydrogen-bond acceptors (Lipinski definition) is 3. The summed E-state index contributed by atoms with van der Waals surface area (Å²) in [6.45, 7) is -0.0837. The molecule has 4 nitrogen and oxygen atoms in total. The minimum atomic E-state index is -0.655. The van der Waals surface area contributed by atoms with Gasteiger partial charge in [-0.1, -0.05) is 12.1 Å².